The van der Waals surface area contributed by atoms with Crippen LogP contribution in [-0.4, -0.2) is 22.1 Å². The molecule has 0 unspecified atom stereocenters. The van der Waals surface area contributed by atoms with Crippen LogP contribution in [0.15, 0.2) is 86.8 Å². The Hall–Kier alpha value is -4.72. The molecule has 0 saturated heterocycles. The molecule has 0 fully saturated rings. The predicted molar refractivity (Wildman–Crippen MR) is 134 cm³/mol. The molecule has 5 aromatic rings. The van der Waals surface area contributed by atoms with E-state index in [-0.39, 0.29) is 16.7 Å². The second kappa shape index (κ2) is 8.90. The van der Waals surface area contributed by atoms with Crippen molar-refractivity contribution < 1.29 is 13.9 Å². The molecule has 0 bridgehead atoms. The minimum atomic E-state index is -0.774. The van der Waals surface area contributed by atoms with Gasteiger partial charge in [0.1, 0.15) is 11.4 Å². The van der Waals surface area contributed by atoms with Crippen LogP contribution in [0.4, 0.5) is 5.69 Å². The van der Waals surface area contributed by atoms with E-state index in [1.807, 2.05) is 13.0 Å². The first kappa shape index (κ1) is 22.1. The van der Waals surface area contributed by atoms with Crippen molar-refractivity contribution in [3.63, 3.8) is 0 Å². The SMILES string of the molecule is CCOc1cccc2cc(C(=O)Nc3cccc(-n4c(C)nc5ccccc5c4=O)c3)c(=O)oc12. The number of benzene rings is 3. The molecule has 5 rings (SSSR count). The van der Waals surface area contributed by atoms with Crippen molar-refractivity contribution in [2.24, 2.45) is 0 Å². The number of aryl methyl sites for hydroxylation is 1. The fraction of sp³-hybridized carbons (Fsp3) is 0.111. The summed E-state index contributed by atoms with van der Waals surface area (Å²) in [5.41, 5.74) is 0.728. The first-order valence-electron chi connectivity index (χ1n) is 11.1. The summed E-state index contributed by atoms with van der Waals surface area (Å²) in [5.74, 6) is 0.323. The van der Waals surface area contributed by atoms with Gasteiger partial charge in [0.25, 0.3) is 11.5 Å². The second-order valence-corrected chi connectivity index (χ2v) is 7.88. The lowest BCUT2D eigenvalue weighted by atomic mass is 10.1. The van der Waals surface area contributed by atoms with Crippen molar-refractivity contribution in [1.82, 2.24) is 9.55 Å². The minimum Gasteiger partial charge on any atom is -0.490 e. The number of carbonyl (C=O) groups is 1. The van der Waals surface area contributed by atoms with Crippen molar-refractivity contribution >= 4 is 33.5 Å². The number of anilines is 1. The summed E-state index contributed by atoms with van der Waals surface area (Å²) < 4.78 is 12.4. The summed E-state index contributed by atoms with van der Waals surface area (Å²) in [5, 5.41) is 3.79. The van der Waals surface area contributed by atoms with Crippen molar-refractivity contribution in [3.8, 4) is 11.4 Å². The Kier molecular flexibility index (Phi) is 5.62. The van der Waals surface area contributed by atoms with Crippen LogP contribution in [0.25, 0.3) is 27.6 Å². The highest BCUT2D eigenvalue weighted by atomic mass is 16.5. The zero-order chi connectivity index (χ0) is 24.5. The van der Waals surface area contributed by atoms with Crippen LogP contribution in [0, 0.1) is 6.92 Å². The summed E-state index contributed by atoms with van der Waals surface area (Å²) in [4.78, 5) is 43.2. The molecule has 0 saturated carbocycles. The number of aromatic nitrogens is 2. The van der Waals surface area contributed by atoms with Gasteiger partial charge in [-0.3, -0.25) is 14.2 Å². The quantitative estimate of drug-likeness (QED) is 0.383. The van der Waals surface area contributed by atoms with Gasteiger partial charge in [0.15, 0.2) is 11.3 Å². The van der Waals surface area contributed by atoms with Gasteiger partial charge in [0.05, 0.1) is 23.2 Å². The fourth-order valence-electron chi connectivity index (χ4n) is 4.01. The van der Waals surface area contributed by atoms with Crippen LogP contribution in [0.1, 0.15) is 23.1 Å². The number of carbonyl (C=O) groups excluding carboxylic acids is 1. The van der Waals surface area contributed by atoms with Crippen LogP contribution >= 0.6 is 0 Å². The molecule has 0 aliphatic carbocycles. The Balaban J connectivity index is 1.50. The normalized spacial score (nSPS) is 11.0. The number of rotatable bonds is 5. The fourth-order valence-corrected chi connectivity index (χ4v) is 4.01. The molecule has 35 heavy (non-hydrogen) atoms. The summed E-state index contributed by atoms with van der Waals surface area (Å²) in [6, 6.07) is 20.6. The van der Waals surface area contributed by atoms with Gasteiger partial charge >= 0.3 is 5.63 Å². The molecule has 3 aromatic carbocycles. The third-order valence-corrected chi connectivity index (χ3v) is 5.57. The third kappa shape index (κ3) is 4.06. The van der Waals surface area contributed by atoms with Crippen LogP contribution in [0.5, 0.6) is 5.75 Å². The molecule has 0 radical (unpaired) electrons. The smallest absolute Gasteiger partial charge is 0.349 e. The number of nitrogens with one attached hydrogen (secondary N) is 1. The Morgan fingerprint density at radius 3 is 2.66 bits per heavy atom. The lowest BCUT2D eigenvalue weighted by Crippen LogP contribution is -2.23. The standard InChI is InChI=1S/C27H21N3O5/c1-3-34-23-13-6-8-17-14-21(27(33)35-24(17)23)25(31)29-18-9-7-10-19(15-18)30-16(2)28-22-12-5-4-11-20(22)26(30)32/h4-15H,3H2,1-2H3,(H,29,31). The first-order chi connectivity index (χ1) is 17.0. The molecular formula is C27H21N3O5. The minimum absolute atomic E-state index is 0.141. The maximum absolute atomic E-state index is 13.1. The van der Waals surface area contributed by atoms with E-state index >= 15 is 0 Å². The highest BCUT2D eigenvalue weighted by molar-refractivity contribution is 6.05. The van der Waals surface area contributed by atoms with Gasteiger partial charge in [0.2, 0.25) is 0 Å². The Morgan fingerprint density at radius 1 is 1.03 bits per heavy atom. The summed E-state index contributed by atoms with van der Waals surface area (Å²) in [7, 11) is 0. The highest BCUT2D eigenvalue weighted by Crippen LogP contribution is 2.25. The molecule has 2 aromatic heterocycles. The van der Waals surface area contributed by atoms with Gasteiger partial charge in [-0.2, -0.15) is 0 Å². The average Bonchev–Trinajstić information content (AvgIpc) is 2.84. The molecule has 0 atom stereocenters. The van der Waals surface area contributed by atoms with Crippen molar-refractivity contribution in [3.05, 3.63) is 105 Å². The van der Waals surface area contributed by atoms with Crippen LogP contribution in [-0.2, 0) is 0 Å². The van der Waals surface area contributed by atoms with E-state index in [1.165, 1.54) is 10.6 Å². The lowest BCUT2D eigenvalue weighted by molar-refractivity contribution is 0.102. The second-order valence-electron chi connectivity index (χ2n) is 7.88. The Morgan fingerprint density at radius 2 is 1.83 bits per heavy atom. The predicted octanol–water partition coefficient (Wildman–Crippen LogP) is 4.45. The van der Waals surface area contributed by atoms with Crippen LogP contribution in [0.3, 0.4) is 0 Å². The Labute approximate surface area is 199 Å². The number of para-hydroxylation sites is 2. The van der Waals surface area contributed by atoms with E-state index in [1.54, 1.807) is 67.6 Å². The van der Waals surface area contributed by atoms with E-state index in [9.17, 15) is 14.4 Å². The number of fused-ring (bicyclic) bond motifs is 2. The van der Waals surface area contributed by atoms with Crippen molar-refractivity contribution in [1.29, 1.82) is 0 Å². The summed E-state index contributed by atoms with van der Waals surface area (Å²) >= 11 is 0. The number of nitrogens with zero attached hydrogens (tertiary/aromatic N) is 2. The van der Waals surface area contributed by atoms with Crippen molar-refractivity contribution in [2.75, 3.05) is 11.9 Å². The summed E-state index contributed by atoms with van der Waals surface area (Å²) in [6.45, 7) is 3.99. The molecule has 1 amide bonds. The van der Waals surface area contributed by atoms with E-state index in [2.05, 4.69) is 10.3 Å². The van der Waals surface area contributed by atoms with Crippen LogP contribution in [0.2, 0.25) is 0 Å². The maximum atomic E-state index is 13.1. The number of ether oxygens (including phenoxy) is 1. The van der Waals surface area contributed by atoms with E-state index in [0.717, 1.165) is 0 Å². The van der Waals surface area contributed by atoms with Crippen LogP contribution < -0.4 is 21.2 Å². The molecule has 0 aliphatic rings. The van der Waals surface area contributed by atoms with Gasteiger partial charge in [-0.25, -0.2) is 9.78 Å². The first-order valence-corrected chi connectivity index (χ1v) is 11.1. The Bertz CT molecular complexity index is 1720. The highest BCUT2D eigenvalue weighted by Gasteiger charge is 2.17. The number of hydrogen-bond donors (Lipinski definition) is 1. The molecule has 8 nitrogen and oxygen atoms in total. The van der Waals surface area contributed by atoms with E-state index < -0.39 is 11.5 Å². The molecule has 1 N–H and O–H groups in total. The van der Waals surface area contributed by atoms with E-state index in [0.29, 0.717) is 45.8 Å². The molecule has 0 spiro atoms. The monoisotopic (exact) mass is 467 g/mol. The van der Waals surface area contributed by atoms with Gasteiger partial charge in [-0.15, -0.1) is 0 Å². The van der Waals surface area contributed by atoms with E-state index in [4.69, 9.17) is 9.15 Å². The number of amides is 1. The average molecular weight is 467 g/mol. The molecule has 174 valence electrons. The topological polar surface area (TPSA) is 103 Å². The molecule has 8 heteroatoms. The number of hydrogen-bond acceptors (Lipinski definition) is 6. The summed E-state index contributed by atoms with van der Waals surface area (Å²) in [6.07, 6.45) is 0. The third-order valence-electron chi connectivity index (χ3n) is 5.57. The molecule has 2 heterocycles. The van der Waals surface area contributed by atoms with Gasteiger partial charge < -0.3 is 14.5 Å². The molecule has 0 aliphatic heterocycles. The largest absolute Gasteiger partial charge is 0.490 e. The zero-order valence-electron chi connectivity index (χ0n) is 19.1. The van der Waals surface area contributed by atoms with Gasteiger partial charge in [-0.05, 0) is 56.3 Å². The maximum Gasteiger partial charge on any atom is 0.349 e. The van der Waals surface area contributed by atoms with Gasteiger partial charge in [0, 0.05) is 11.1 Å². The zero-order valence-corrected chi connectivity index (χ0v) is 19.1. The van der Waals surface area contributed by atoms with Gasteiger partial charge in [-0.1, -0.05) is 30.3 Å². The lowest BCUT2D eigenvalue weighted by Gasteiger charge is -2.13. The molecular weight excluding hydrogens is 446 g/mol. The van der Waals surface area contributed by atoms with Crippen molar-refractivity contribution in [2.45, 2.75) is 13.8 Å².